The lowest BCUT2D eigenvalue weighted by Gasteiger charge is -2.15. The fourth-order valence-corrected chi connectivity index (χ4v) is 2.16. The van der Waals surface area contributed by atoms with E-state index < -0.39 is 42.5 Å². The number of rotatable bonds is 19. The summed E-state index contributed by atoms with van der Waals surface area (Å²) in [5.41, 5.74) is -0.229. The molecular weight excluding hydrogens is 436 g/mol. The van der Waals surface area contributed by atoms with Crippen LogP contribution in [0.2, 0.25) is 0 Å². The van der Waals surface area contributed by atoms with Gasteiger partial charge in [-0.3, -0.25) is 4.79 Å². The van der Waals surface area contributed by atoms with Gasteiger partial charge in [-0.15, -0.1) is 0 Å². The second-order valence-electron chi connectivity index (χ2n) is 7.23. The van der Waals surface area contributed by atoms with Gasteiger partial charge in [0.1, 0.15) is 13.2 Å². The fourth-order valence-electron chi connectivity index (χ4n) is 2.16. The molecule has 0 aromatic rings. The van der Waals surface area contributed by atoms with Gasteiger partial charge in [-0.25, -0.2) is 14.4 Å². The van der Waals surface area contributed by atoms with E-state index in [-0.39, 0.29) is 32.0 Å². The standard InChI is InChI=1S/C23H38O10/c1-6-8-10-28-12-14-30-22(26)18(4)32-20(24)16-17(3)21(25)33-19(5)23(27)31-15-13-29-11-9-7-2/h18-19H,3,6-16H2,1-2,4-5H3. The predicted molar refractivity (Wildman–Crippen MR) is 118 cm³/mol. The highest BCUT2D eigenvalue weighted by Crippen LogP contribution is 2.08. The highest BCUT2D eigenvalue weighted by atomic mass is 16.6. The van der Waals surface area contributed by atoms with Crippen LogP contribution in [0.4, 0.5) is 0 Å². The maximum atomic E-state index is 12.0. The van der Waals surface area contributed by atoms with Crippen molar-refractivity contribution in [2.45, 2.75) is 72.0 Å². The summed E-state index contributed by atoms with van der Waals surface area (Å²) in [6.07, 6.45) is 0.983. The smallest absolute Gasteiger partial charge is 0.347 e. The molecule has 2 atom stereocenters. The molecule has 190 valence electrons. The molecule has 0 bridgehead atoms. The third-order valence-electron chi connectivity index (χ3n) is 4.13. The minimum absolute atomic E-state index is 0.0383. The highest BCUT2D eigenvalue weighted by Gasteiger charge is 2.24. The molecule has 0 aliphatic heterocycles. The Hall–Kier alpha value is -2.46. The molecule has 0 aromatic heterocycles. The number of hydrogen-bond acceptors (Lipinski definition) is 10. The summed E-state index contributed by atoms with van der Waals surface area (Å²) >= 11 is 0. The van der Waals surface area contributed by atoms with E-state index in [0.29, 0.717) is 13.2 Å². The molecule has 0 heterocycles. The Morgan fingerprint density at radius 3 is 1.61 bits per heavy atom. The average Bonchev–Trinajstić information content (AvgIpc) is 2.77. The van der Waals surface area contributed by atoms with E-state index in [9.17, 15) is 19.2 Å². The van der Waals surface area contributed by atoms with Gasteiger partial charge in [-0.1, -0.05) is 33.3 Å². The summed E-state index contributed by atoms with van der Waals surface area (Å²) in [6, 6.07) is 0. The van der Waals surface area contributed by atoms with Gasteiger partial charge >= 0.3 is 23.9 Å². The average molecular weight is 475 g/mol. The van der Waals surface area contributed by atoms with Gasteiger partial charge in [-0.05, 0) is 26.7 Å². The highest BCUT2D eigenvalue weighted by molar-refractivity contribution is 5.95. The summed E-state index contributed by atoms with van der Waals surface area (Å²) in [4.78, 5) is 47.7. The van der Waals surface area contributed by atoms with Crippen molar-refractivity contribution < 1.29 is 47.6 Å². The molecule has 0 aliphatic carbocycles. The van der Waals surface area contributed by atoms with Gasteiger partial charge in [0.25, 0.3) is 0 Å². The van der Waals surface area contributed by atoms with Crippen LogP contribution in [-0.2, 0) is 47.6 Å². The van der Waals surface area contributed by atoms with Gasteiger partial charge in [0.05, 0.1) is 19.6 Å². The van der Waals surface area contributed by atoms with Crippen molar-refractivity contribution in [2.75, 3.05) is 39.6 Å². The van der Waals surface area contributed by atoms with Crippen LogP contribution in [0.1, 0.15) is 59.8 Å². The molecule has 2 unspecified atom stereocenters. The molecule has 0 aromatic carbocycles. The molecule has 0 saturated carbocycles. The van der Waals surface area contributed by atoms with Crippen molar-refractivity contribution >= 4 is 23.9 Å². The molecule has 0 saturated heterocycles. The van der Waals surface area contributed by atoms with E-state index in [1.165, 1.54) is 13.8 Å². The second kappa shape index (κ2) is 19.0. The number of carbonyl (C=O) groups excluding carboxylic acids is 4. The van der Waals surface area contributed by atoms with Crippen molar-refractivity contribution in [3.05, 3.63) is 12.2 Å². The SMILES string of the molecule is C=C(CC(=O)OC(C)C(=O)OCCOCCCC)C(=O)OC(C)C(=O)OCCOCCCC. The summed E-state index contributed by atoms with van der Waals surface area (Å²) in [5, 5.41) is 0. The molecule has 0 fully saturated rings. The lowest BCUT2D eigenvalue weighted by molar-refractivity contribution is -0.168. The first-order chi connectivity index (χ1) is 15.7. The summed E-state index contributed by atoms with van der Waals surface area (Å²) in [5.74, 6) is -3.28. The first-order valence-electron chi connectivity index (χ1n) is 11.3. The van der Waals surface area contributed by atoms with Crippen LogP contribution >= 0.6 is 0 Å². The molecule has 33 heavy (non-hydrogen) atoms. The lowest BCUT2D eigenvalue weighted by Crippen LogP contribution is -2.29. The molecular formula is C23H38O10. The largest absolute Gasteiger partial charge is 0.461 e. The third-order valence-corrected chi connectivity index (χ3v) is 4.13. The molecule has 0 aliphatic rings. The number of hydrogen-bond donors (Lipinski definition) is 0. The van der Waals surface area contributed by atoms with E-state index in [0.717, 1.165) is 25.7 Å². The maximum absolute atomic E-state index is 12.0. The van der Waals surface area contributed by atoms with Crippen molar-refractivity contribution in [1.82, 2.24) is 0 Å². The lowest BCUT2D eigenvalue weighted by atomic mass is 10.2. The first-order valence-corrected chi connectivity index (χ1v) is 11.3. The Morgan fingerprint density at radius 1 is 0.697 bits per heavy atom. The Labute approximate surface area is 195 Å². The monoisotopic (exact) mass is 474 g/mol. The Morgan fingerprint density at radius 2 is 1.15 bits per heavy atom. The topological polar surface area (TPSA) is 124 Å². The number of unbranched alkanes of at least 4 members (excludes halogenated alkanes) is 2. The molecule has 0 rings (SSSR count). The van der Waals surface area contributed by atoms with E-state index in [4.69, 9.17) is 28.4 Å². The quantitative estimate of drug-likeness (QED) is 0.119. The van der Waals surface area contributed by atoms with E-state index >= 15 is 0 Å². The van der Waals surface area contributed by atoms with Gasteiger partial charge in [0.15, 0.2) is 12.2 Å². The van der Waals surface area contributed by atoms with Crippen LogP contribution in [0.15, 0.2) is 12.2 Å². The Balaban J connectivity index is 4.15. The van der Waals surface area contributed by atoms with Crippen LogP contribution in [0.3, 0.4) is 0 Å². The number of carbonyl (C=O) groups is 4. The van der Waals surface area contributed by atoms with Crippen molar-refractivity contribution in [1.29, 1.82) is 0 Å². The second-order valence-corrected chi connectivity index (χ2v) is 7.23. The summed E-state index contributed by atoms with van der Waals surface area (Å²) in [6.45, 7) is 12.0. The molecule has 10 heteroatoms. The van der Waals surface area contributed by atoms with Gasteiger partial charge in [0, 0.05) is 18.8 Å². The van der Waals surface area contributed by atoms with Gasteiger partial charge < -0.3 is 28.4 Å². The zero-order valence-corrected chi connectivity index (χ0v) is 20.2. The van der Waals surface area contributed by atoms with Crippen molar-refractivity contribution in [2.24, 2.45) is 0 Å². The van der Waals surface area contributed by atoms with Gasteiger partial charge in [0.2, 0.25) is 0 Å². The Bertz CT molecular complexity index is 616. The van der Waals surface area contributed by atoms with Crippen LogP contribution in [0.5, 0.6) is 0 Å². The fraction of sp³-hybridized carbons (Fsp3) is 0.739. The zero-order valence-electron chi connectivity index (χ0n) is 20.2. The number of ether oxygens (including phenoxy) is 6. The minimum Gasteiger partial charge on any atom is -0.461 e. The molecule has 0 N–H and O–H groups in total. The third kappa shape index (κ3) is 15.9. The molecule has 0 radical (unpaired) electrons. The first kappa shape index (κ1) is 30.5. The van der Waals surface area contributed by atoms with Gasteiger partial charge in [-0.2, -0.15) is 0 Å². The predicted octanol–water partition coefficient (Wildman–Crippen LogP) is 2.52. The minimum atomic E-state index is -1.19. The zero-order chi connectivity index (χ0) is 25.1. The maximum Gasteiger partial charge on any atom is 0.347 e. The normalized spacial score (nSPS) is 12.4. The number of esters is 4. The summed E-state index contributed by atoms with van der Waals surface area (Å²) < 4.78 is 30.4. The van der Waals surface area contributed by atoms with Crippen LogP contribution in [0.25, 0.3) is 0 Å². The molecule has 10 nitrogen and oxygen atoms in total. The summed E-state index contributed by atoms with van der Waals surface area (Å²) in [7, 11) is 0. The van der Waals surface area contributed by atoms with Crippen molar-refractivity contribution in [3.8, 4) is 0 Å². The van der Waals surface area contributed by atoms with E-state index in [1.54, 1.807) is 0 Å². The van der Waals surface area contributed by atoms with Crippen LogP contribution in [-0.4, -0.2) is 75.7 Å². The van der Waals surface area contributed by atoms with Crippen LogP contribution in [0, 0.1) is 0 Å². The Kier molecular flexibility index (Phi) is 17.6. The van der Waals surface area contributed by atoms with E-state index in [2.05, 4.69) is 6.58 Å². The van der Waals surface area contributed by atoms with Crippen LogP contribution < -0.4 is 0 Å². The van der Waals surface area contributed by atoms with E-state index in [1.807, 2.05) is 13.8 Å². The molecule has 0 spiro atoms. The van der Waals surface area contributed by atoms with Crippen molar-refractivity contribution in [3.63, 3.8) is 0 Å². The molecule has 0 amide bonds.